The van der Waals surface area contributed by atoms with E-state index >= 15 is 0 Å². The van der Waals surface area contributed by atoms with Gasteiger partial charge in [0, 0.05) is 24.7 Å². The summed E-state index contributed by atoms with van der Waals surface area (Å²) in [5.74, 6) is 0.951. The van der Waals surface area contributed by atoms with E-state index in [0.717, 1.165) is 5.92 Å². The molecule has 1 N–H and O–H groups in total. The summed E-state index contributed by atoms with van der Waals surface area (Å²) in [4.78, 5) is 2.77. The topological polar surface area (TPSA) is 15.3 Å². The molecule has 104 valence electrons. The Hall–Kier alpha value is -0.500. The van der Waals surface area contributed by atoms with Crippen LogP contribution in [0.1, 0.15) is 59.3 Å². The van der Waals surface area contributed by atoms with Crippen molar-refractivity contribution in [2.75, 3.05) is 13.1 Å². The van der Waals surface area contributed by atoms with Crippen molar-refractivity contribution in [2.24, 2.45) is 5.92 Å². The van der Waals surface area contributed by atoms with Crippen molar-refractivity contribution in [1.29, 1.82) is 0 Å². The van der Waals surface area contributed by atoms with Crippen molar-refractivity contribution in [3.05, 3.63) is 12.3 Å². The second-order valence-electron chi connectivity index (χ2n) is 6.61. The lowest BCUT2D eigenvalue weighted by molar-refractivity contribution is 0.0313. The number of nitrogens with zero attached hydrogens (tertiary/aromatic N) is 1. The Morgan fingerprint density at radius 2 is 1.72 bits per heavy atom. The molecule has 1 heterocycles. The summed E-state index contributed by atoms with van der Waals surface area (Å²) in [6, 6.07) is 0.698. The summed E-state index contributed by atoms with van der Waals surface area (Å²) in [5.41, 5.74) is 0.498. The van der Waals surface area contributed by atoms with E-state index in [2.05, 4.69) is 43.3 Å². The highest BCUT2D eigenvalue weighted by atomic mass is 15.2. The maximum atomic E-state index is 3.51. The molecule has 1 aliphatic heterocycles. The van der Waals surface area contributed by atoms with Gasteiger partial charge < -0.3 is 5.32 Å². The minimum Gasteiger partial charge on any atom is -0.388 e. The molecule has 0 atom stereocenters. The van der Waals surface area contributed by atoms with Crippen molar-refractivity contribution in [3.63, 3.8) is 0 Å². The fourth-order valence-electron chi connectivity index (χ4n) is 3.52. The Morgan fingerprint density at radius 1 is 1.11 bits per heavy atom. The minimum atomic E-state index is 0.498. The van der Waals surface area contributed by atoms with E-state index in [1.807, 2.05) is 0 Å². The van der Waals surface area contributed by atoms with Gasteiger partial charge in [-0.1, -0.05) is 13.0 Å². The second kappa shape index (κ2) is 6.10. The van der Waals surface area contributed by atoms with E-state index in [0.29, 0.717) is 11.6 Å². The lowest BCUT2D eigenvalue weighted by Gasteiger charge is -2.48. The van der Waals surface area contributed by atoms with Crippen LogP contribution in [-0.2, 0) is 0 Å². The Balaban J connectivity index is 1.81. The van der Waals surface area contributed by atoms with Crippen molar-refractivity contribution in [1.82, 2.24) is 10.2 Å². The first kappa shape index (κ1) is 13.9. The molecular formula is C16H30N2. The van der Waals surface area contributed by atoms with E-state index in [1.165, 1.54) is 51.6 Å². The van der Waals surface area contributed by atoms with Crippen LogP contribution in [0.2, 0.25) is 0 Å². The van der Waals surface area contributed by atoms with E-state index in [4.69, 9.17) is 0 Å². The Morgan fingerprint density at radius 3 is 2.28 bits per heavy atom. The summed E-state index contributed by atoms with van der Waals surface area (Å²) in [6.45, 7) is 9.54. The van der Waals surface area contributed by atoms with Gasteiger partial charge in [0.15, 0.2) is 0 Å². The lowest BCUT2D eigenvalue weighted by atomic mass is 9.76. The van der Waals surface area contributed by atoms with Crippen molar-refractivity contribution >= 4 is 0 Å². The molecule has 18 heavy (non-hydrogen) atoms. The summed E-state index contributed by atoms with van der Waals surface area (Å²) in [7, 11) is 0. The van der Waals surface area contributed by atoms with E-state index in [-0.39, 0.29) is 0 Å². The molecule has 0 aromatic heterocycles. The quantitative estimate of drug-likeness (QED) is 0.824. The number of hydrogen-bond acceptors (Lipinski definition) is 2. The highest BCUT2D eigenvalue weighted by Gasteiger charge is 2.36. The first-order valence-corrected chi connectivity index (χ1v) is 7.76. The molecule has 2 aliphatic rings. The molecule has 0 radical (unpaired) electrons. The van der Waals surface area contributed by atoms with Crippen molar-refractivity contribution in [3.8, 4) is 0 Å². The molecule has 0 aromatic carbocycles. The van der Waals surface area contributed by atoms with Gasteiger partial charge in [0.2, 0.25) is 0 Å². The number of allylic oxidation sites excluding steroid dienone is 1. The largest absolute Gasteiger partial charge is 0.388 e. The standard InChI is InChI=1S/C16H30N2/c1-4-11-17-15-7-12-18(13-8-15)16(3)9-5-14(2)6-10-16/h4,11,14-15,17H,5-10,12-13H2,1-3H3/b11-4-. The molecule has 0 spiro atoms. The third-order valence-corrected chi connectivity index (χ3v) is 5.11. The molecule has 0 bridgehead atoms. The lowest BCUT2D eigenvalue weighted by Crippen LogP contribution is -2.53. The predicted molar refractivity (Wildman–Crippen MR) is 78.6 cm³/mol. The molecule has 0 aromatic rings. The third kappa shape index (κ3) is 3.28. The fourth-order valence-corrected chi connectivity index (χ4v) is 3.52. The zero-order chi connectivity index (χ0) is 13.0. The Kier molecular flexibility index (Phi) is 4.71. The smallest absolute Gasteiger partial charge is 0.0280 e. The molecule has 2 fully saturated rings. The number of rotatable bonds is 3. The maximum Gasteiger partial charge on any atom is 0.0280 e. The number of likely N-dealkylation sites (tertiary alicyclic amines) is 1. The second-order valence-corrected chi connectivity index (χ2v) is 6.61. The van der Waals surface area contributed by atoms with E-state index < -0.39 is 0 Å². The Labute approximate surface area is 113 Å². The van der Waals surface area contributed by atoms with Crippen molar-refractivity contribution in [2.45, 2.75) is 70.9 Å². The minimum absolute atomic E-state index is 0.498. The SMILES string of the molecule is C/C=C\NC1CCN(C2(C)CCC(C)CC2)CC1. The fraction of sp³-hybridized carbons (Fsp3) is 0.875. The van der Waals surface area contributed by atoms with Gasteiger partial charge in [0.25, 0.3) is 0 Å². The molecule has 2 heteroatoms. The highest BCUT2D eigenvalue weighted by Crippen LogP contribution is 2.37. The first-order valence-electron chi connectivity index (χ1n) is 7.76. The van der Waals surface area contributed by atoms with Crippen LogP contribution in [0.3, 0.4) is 0 Å². The van der Waals surface area contributed by atoms with Gasteiger partial charge in [-0.2, -0.15) is 0 Å². The number of nitrogens with one attached hydrogen (secondary N) is 1. The van der Waals surface area contributed by atoms with E-state index in [9.17, 15) is 0 Å². The van der Waals surface area contributed by atoms with Gasteiger partial charge in [0.1, 0.15) is 0 Å². The molecule has 2 nitrogen and oxygen atoms in total. The third-order valence-electron chi connectivity index (χ3n) is 5.11. The average Bonchev–Trinajstić information content (AvgIpc) is 2.40. The molecule has 0 amide bonds. The number of piperidine rings is 1. The summed E-state index contributed by atoms with van der Waals surface area (Å²) in [6.07, 6.45) is 12.5. The molecule has 2 rings (SSSR count). The monoisotopic (exact) mass is 250 g/mol. The average molecular weight is 250 g/mol. The van der Waals surface area contributed by atoms with Gasteiger partial charge in [-0.05, 0) is 64.5 Å². The van der Waals surface area contributed by atoms with Crippen LogP contribution >= 0.6 is 0 Å². The van der Waals surface area contributed by atoms with Crippen LogP contribution in [0.4, 0.5) is 0 Å². The predicted octanol–water partition coefficient (Wildman–Crippen LogP) is 3.54. The molecular weight excluding hydrogens is 220 g/mol. The number of hydrogen-bond donors (Lipinski definition) is 1. The zero-order valence-corrected chi connectivity index (χ0v) is 12.4. The van der Waals surface area contributed by atoms with Gasteiger partial charge in [-0.3, -0.25) is 4.90 Å². The van der Waals surface area contributed by atoms with Crippen LogP contribution in [0, 0.1) is 5.92 Å². The van der Waals surface area contributed by atoms with Crippen LogP contribution in [0.25, 0.3) is 0 Å². The van der Waals surface area contributed by atoms with Gasteiger partial charge in [-0.25, -0.2) is 0 Å². The normalized spacial score (nSPS) is 36.1. The molecule has 1 saturated carbocycles. The molecule has 0 unspecified atom stereocenters. The van der Waals surface area contributed by atoms with Crippen LogP contribution in [0.5, 0.6) is 0 Å². The Bertz CT molecular complexity index is 269. The zero-order valence-electron chi connectivity index (χ0n) is 12.4. The van der Waals surface area contributed by atoms with Crippen molar-refractivity contribution < 1.29 is 0 Å². The highest BCUT2D eigenvalue weighted by molar-refractivity contribution is 4.94. The summed E-state index contributed by atoms with van der Waals surface area (Å²) >= 11 is 0. The van der Waals surface area contributed by atoms with Gasteiger partial charge in [0.05, 0.1) is 0 Å². The van der Waals surface area contributed by atoms with Gasteiger partial charge in [-0.15, -0.1) is 0 Å². The molecule has 1 saturated heterocycles. The maximum absolute atomic E-state index is 3.51. The van der Waals surface area contributed by atoms with Crippen LogP contribution in [-0.4, -0.2) is 29.6 Å². The van der Waals surface area contributed by atoms with Gasteiger partial charge >= 0.3 is 0 Å². The van der Waals surface area contributed by atoms with Crippen LogP contribution in [0.15, 0.2) is 12.3 Å². The summed E-state index contributed by atoms with van der Waals surface area (Å²) < 4.78 is 0. The van der Waals surface area contributed by atoms with Crippen LogP contribution < -0.4 is 5.32 Å². The first-order chi connectivity index (χ1) is 8.64. The van der Waals surface area contributed by atoms with E-state index in [1.54, 1.807) is 0 Å². The summed E-state index contributed by atoms with van der Waals surface area (Å²) in [5, 5.41) is 3.51. The molecule has 1 aliphatic carbocycles.